The van der Waals surface area contributed by atoms with E-state index in [1.54, 1.807) is 0 Å². The Morgan fingerprint density at radius 2 is 1.69 bits per heavy atom. The van der Waals surface area contributed by atoms with Gasteiger partial charge in [0, 0.05) is 5.02 Å². The number of rotatable bonds is 4. The molecule has 1 heterocycles. The van der Waals surface area contributed by atoms with Gasteiger partial charge in [0.1, 0.15) is 12.2 Å². The van der Waals surface area contributed by atoms with E-state index >= 15 is 0 Å². The molecule has 0 unspecified atom stereocenters. The number of barbiturate groups is 1. The second-order valence-electron chi connectivity index (χ2n) is 5.74. The van der Waals surface area contributed by atoms with Crippen LogP contribution in [-0.2, 0) is 9.59 Å². The lowest BCUT2D eigenvalue weighted by Crippen LogP contribution is -2.54. The van der Waals surface area contributed by atoms with Crippen LogP contribution in [-0.4, -0.2) is 24.5 Å². The van der Waals surface area contributed by atoms with E-state index in [1.165, 1.54) is 42.5 Å². The van der Waals surface area contributed by atoms with Crippen LogP contribution in [0.1, 0.15) is 5.56 Å². The molecule has 0 bridgehead atoms. The van der Waals surface area contributed by atoms with Crippen molar-refractivity contribution in [2.24, 2.45) is 0 Å². The Morgan fingerprint density at radius 1 is 1.07 bits per heavy atom. The summed E-state index contributed by atoms with van der Waals surface area (Å²) >= 11 is 18.1. The van der Waals surface area contributed by atoms with Gasteiger partial charge in [-0.1, -0.05) is 40.7 Å². The van der Waals surface area contributed by atoms with Gasteiger partial charge in [-0.15, -0.1) is 6.42 Å². The summed E-state index contributed by atoms with van der Waals surface area (Å²) in [6, 6.07) is 8.05. The molecule has 0 radical (unpaired) electrons. The summed E-state index contributed by atoms with van der Waals surface area (Å²) in [5.74, 6) is 0.835. The average molecular weight is 450 g/mol. The lowest BCUT2D eigenvalue weighted by atomic mass is 10.1. The zero-order valence-electron chi connectivity index (χ0n) is 14.5. The van der Waals surface area contributed by atoms with Gasteiger partial charge in [0.15, 0.2) is 5.75 Å². The van der Waals surface area contributed by atoms with Gasteiger partial charge in [-0.2, -0.15) is 0 Å². The highest BCUT2D eigenvalue weighted by molar-refractivity contribution is 6.40. The molecule has 0 saturated carbocycles. The maximum absolute atomic E-state index is 12.8. The number of hydrogen-bond donors (Lipinski definition) is 1. The molecule has 2 aromatic rings. The lowest BCUT2D eigenvalue weighted by molar-refractivity contribution is -0.122. The molecule has 1 fully saturated rings. The number of terminal acetylenes is 1. The zero-order chi connectivity index (χ0) is 21.1. The number of carbonyl (C=O) groups is 3. The van der Waals surface area contributed by atoms with Crippen molar-refractivity contribution in [1.29, 1.82) is 0 Å². The molecular weight excluding hydrogens is 439 g/mol. The van der Waals surface area contributed by atoms with Crippen molar-refractivity contribution < 1.29 is 19.1 Å². The van der Waals surface area contributed by atoms with E-state index in [1.807, 2.05) is 0 Å². The highest BCUT2D eigenvalue weighted by Gasteiger charge is 2.36. The predicted molar refractivity (Wildman–Crippen MR) is 111 cm³/mol. The van der Waals surface area contributed by atoms with Crippen molar-refractivity contribution in [2.45, 2.75) is 0 Å². The van der Waals surface area contributed by atoms with E-state index in [0.717, 1.165) is 4.90 Å². The van der Waals surface area contributed by atoms with Crippen LogP contribution in [0, 0.1) is 12.3 Å². The van der Waals surface area contributed by atoms with Crippen molar-refractivity contribution in [3.63, 3.8) is 0 Å². The van der Waals surface area contributed by atoms with E-state index < -0.39 is 17.8 Å². The summed E-state index contributed by atoms with van der Waals surface area (Å²) < 4.78 is 5.27. The topological polar surface area (TPSA) is 75.7 Å². The van der Waals surface area contributed by atoms with Crippen LogP contribution in [0.3, 0.4) is 0 Å². The molecule has 2 aromatic carbocycles. The van der Waals surface area contributed by atoms with Crippen LogP contribution in [0.15, 0.2) is 42.0 Å². The minimum absolute atomic E-state index is 0.0288. The summed E-state index contributed by atoms with van der Waals surface area (Å²) in [6.45, 7) is -0.0288. The van der Waals surface area contributed by atoms with Gasteiger partial charge in [0.2, 0.25) is 0 Å². The molecule has 0 spiro atoms. The molecule has 1 saturated heterocycles. The molecule has 1 N–H and O–H groups in total. The van der Waals surface area contributed by atoms with E-state index in [4.69, 9.17) is 46.0 Å². The van der Waals surface area contributed by atoms with Gasteiger partial charge >= 0.3 is 6.03 Å². The lowest BCUT2D eigenvalue weighted by Gasteiger charge is -2.26. The fourth-order valence-electron chi connectivity index (χ4n) is 2.56. The first-order valence-electron chi connectivity index (χ1n) is 8.04. The number of nitrogens with zero attached hydrogens (tertiary/aromatic N) is 1. The molecule has 6 nitrogen and oxygen atoms in total. The summed E-state index contributed by atoms with van der Waals surface area (Å²) in [4.78, 5) is 38.1. The molecule has 0 aromatic heterocycles. The number of carbonyl (C=O) groups excluding carboxylic acids is 3. The van der Waals surface area contributed by atoms with E-state index in [9.17, 15) is 14.4 Å². The highest BCUT2D eigenvalue weighted by Crippen LogP contribution is 2.35. The molecule has 1 aliphatic rings. The highest BCUT2D eigenvalue weighted by atomic mass is 35.5. The standard InChI is InChI=1S/C20H11Cl3N2O4/c1-2-7-29-17-15(22)9-11(10-16(17)23)8-14-18(26)24-20(28)25(19(14)27)13-5-3-12(21)4-6-13/h1,3-6,8-10H,7H2,(H,24,26,28)/b14-8+. The second-order valence-corrected chi connectivity index (χ2v) is 6.99. The van der Waals surface area contributed by atoms with E-state index in [-0.39, 0.29) is 33.7 Å². The Kier molecular flexibility index (Phi) is 6.14. The number of urea groups is 1. The Bertz CT molecular complexity index is 1060. The van der Waals surface area contributed by atoms with Crippen LogP contribution in [0.5, 0.6) is 5.75 Å². The largest absolute Gasteiger partial charge is 0.478 e. The van der Waals surface area contributed by atoms with E-state index in [0.29, 0.717) is 10.6 Å². The van der Waals surface area contributed by atoms with Gasteiger partial charge in [-0.25, -0.2) is 9.69 Å². The smallest absolute Gasteiger partial charge is 0.335 e. The minimum Gasteiger partial charge on any atom is -0.478 e. The number of halogens is 3. The molecule has 0 atom stereocenters. The molecule has 9 heteroatoms. The van der Waals surface area contributed by atoms with E-state index in [2.05, 4.69) is 11.2 Å². The zero-order valence-corrected chi connectivity index (χ0v) is 16.8. The fourth-order valence-corrected chi connectivity index (χ4v) is 3.30. The average Bonchev–Trinajstić information content (AvgIpc) is 2.66. The second kappa shape index (κ2) is 8.58. The molecule has 146 valence electrons. The molecule has 4 amide bonds. The van der Waals surface area contributed by atoms with Crippen molar-refractivity contribution in [1.82, 2.24) is 5.32 Å². The predicted octanol–water partition coefficient (Wildman–Crippen LogP) is 4.33. The summed E-state index contributed by atoms with van der Waals surface area (Å²) in [6.07, 6.45) is 6.42. The SMILES string of the molecule is C#CCOc1c(Cl)cc(/C=C2\C(=O)NC(=O)N(c3ccc(Cl)cc3)C2=O)cc1Cl. The maximum Gasteiger partial charge on any atom is 0.335 e. The van der Waals surface area contributed by atoms with Crippen LogP contribution in [0.2, 0.25) is 15.1 Å². The van der Waals surface area contributed by atoms with Gasteiger partial charge in [0.05, 0.1) is 15.7 Å². The van der Waals surface area contributed by atoms with Gasteiger partial charge < -0.3 is 4.74 Å². The van der Waals surface area contributed by atoms with Crippen LogP contribution in [0.4, 0.5) is 10.5 Å². The Morgan fingerprint density at radius 3 is 2.28 bits per heavy atom. The normalized spacial score (nSPS) is 15.3. The Hall–Kier alpha value is -2.98. The quantitative estimate of drug-likeness (QED) is 0.428. The third-order valence-corrected chi connectivity index (χ3v) is 4.63. The number of benzene rings is 2. The number of anilines is 1. The summed E-state index contributed by atoms with van der Waals surface area (Å²) in [5, 5.41) is 2.85. The Balaban J connectivity index is 1.98. The number of hydrogen-bond acceptors (Lipinski definition) is 4. The van der Waals surface area contributed by atoms with Crippen molar-refractivity contribution in [2.75, 3.05) is 11.5 Å². The monoisotopic (exact) mass is 448 g/mol. The van der Waals surface area contributed by atoms with Crippen molar-refractivity contribution in [3.8, 4) is 18.1 Å². The number of ether oxygens (including phenoxy) is 1. The summed E-state index contributed by atoms with van der Waals surface area (Å²) in [7, 11) is 0. The number of imide groups is 2. The van der Waals surface area contributed by atoms with Crippen LogP contribution < -0.4 is 15.0 Å². The third-order valence-electron chi connectivity index (χ3n) is 3.82. The molecular formula is C20H11Cl3N2O4. The van der Waals surface area contributed by atoms with Gasteiger partial charge in [-0.05, 0) is 48.0 Å². The first kappa shape index (κ1) is 20.7. The van der Waals surface area contributed by atoms with Gasteiger partial charge in [-0.3, -0.25) is 14.9 Å². The number of amides is 4. The van der Waals surface area contributed by atoms with Crippen molar-refractivity contribution >= 4 is 64.4 Å². The Labute approximate surface area is 181 Å². The van der Waals surface area contributed by atoms with Gasteiger partial charge in [0.25, 0.3) is 11.8 Å². The first-order chi connectivity index (χ1) is 13.8. The first-order valence-corrected chi connectivity index (χ1v) is 9.17. The molecule has 0 aliphatic carbocycles. The van der Waals surface area contributed by atoms with Crippen molar-refractivity contribution in [3.05, 3.63) is 62.6 Å². The summed E-state index contributed by atoms with van der Waals surface area (Å²) in [5.41, 5.74) is 0.338. The fraction of sp³-hybridized carbons (Fsp3) is 0.0500. The maximum atomic E-state index is 12.8. The molecule has 1 aliphatic heterocycles. The molecule has 29 heavy (non-hydrogen) atoms. The minimum atomic E-state index is -0.867. The molecule has 3 rings (SSSR count). The van der Waals surface area contributed by atoms with Crippen LogP contribution >= 0.6 is 34.8 Å². The number of nitrogens with one attached hydrogen (secondary N) is 1. The van der Waals surface area contributed by atoms with Crippen LogP contribution in [0.25, 0.3) is 6.08 Å². The third kappa shape index (κ3) is 4.38.